The van der Waals surface area contributed by atoms with Crippen LogP contribution < -0.4 is 0 Å². The van der Waals surface area contributed by atoms with Crippen molar-refractivity contribution in [2.24, 2.45) is 5.92 Å². The Morgan fingerprint density at radius 2 is 1.57 bits per heavy atom. The number of benzene rings is 2. The molecule has 0 saturated carbocycles. The van der Waals surface area contributed by atoms with Crippen LogP contribution in [0, 0.1) is 5.92 Å². The van der Waals surface area contributed by atoms with Crippen molar-refractivity contribution in [1.29, 1.82) is 0 Å². The normalized spacial score (nSPS) is 17.6. The molecule has 1 nitrogen and oxygen atoms in total. The summed E-state index contributed by atoms with van der Waals surface area (Å²) in [6.07, 6.45) is 9.06. The lowest BCUT2D eigenvalue weighted by Gasteiger charge is -2.13. The van der Waals surface area contributed by atoms with Gasteiger partial charge in [-0.1, -0.05) is 78.9 Å². The van der Waals surface area contributed by atoms with Crippen LogP contribution in [0.2, 0.25) is 0 Å². The van der Waals surface area contributed by atoms with Crippen molar-refractivity contribution >= 4 is 17.9 Å². The predicted molar refractivity (Wildman–Crippen MR) is 87.5 cm³/mol. The highest BCUT2D eigenvalue weighted by Crippen LogP contribution is 2.33. The minimum absolute atomic E-state index is 0.153. The number of aldehydes is 1. The summed E-state index contributed by atoms with van der Waals surface area (Å²) in [4.78, 5) is 11.3. The number of carbonyl (C=O) groups excluding carboxylic acids is 1. The fourth-order valence-electron chi connectivity index (χ4n) is 2.55. The van der Waals surface area contributed by atoms with Gasteiger partial charge in [0.1, 0.15) is 6.29 Å². The molecule has 2 aromatic carbocycles. The molecule has 0 spiro atoms. The minimum atomic E-state index is -0.153. The zero-order valence-corrected chi connectivity index (χ0v) is 11.6. The Labute approximate surface area is 124 Å². The van der Waals surface area contributed by atoms with E-state index in [9.17, 15) is 4.79 Å². The van der Waals surface area contributed by atoms with E-state index in [4.69, 9.17) is 0 Å². The van der Waals surface area contributed by atoms with Crippen molar-refractivity contribution in [3.63, 3.8) is 0 Å². The van der Waals surface area contributed by atoms with Crippen molar-refractivity contribution in [3.8, 4) is 0 Å². The third-order valence-electron chi connectivity index (χ3n) is 3.61. The molecule has 0 bridgehead atoms. The van der Waals surface area contributed by atoms with E-state index < -0.39 is 0 Å². The first-order valence-electron chi connectivity index (χ1n) is 7.05. The predicted octanol–water partition coefficient (Wildman–Crippen LogP) is 4.54. The molecule has 0 N–H and O–H groups in total. The van der Waals surface area contributed by atoms with Gasteiger partial charge in [-0.2, -0.15) is 0 Å². The lowest BCUT2D eigenvalue weighted by atomic mass is 9.90. The summed E-state index contributed by atoms with van der Waals surface area (Å²) < 4.78 is 0. The highest BCUT2D eigenvalue weighted by atomic mass is 16.1. The van der Waals surface area contributed by atoms with Gasteiger partial charge >= 0.3 is 0 Å². The second-order valence-corrected chi connectivity index (χ2v) is 5.00. The first-order valence-corrected chi connectivity index (χ1v) is 7.05. The van der Waals surface area contributed by atoms with Crippen LogP contribution in [0.4, 0.5) is 0 Å². The molecule has 1 aliphatic rings. The molecule has 0 heterocycles. The van der Waals surface area contributed by atoms with Gasteiger partial charge in [-0.3, -0.25) is 0 Å². The molecule has 0 saturated heterocycles. The molecule has 1 unspecified atom stereocenters. The standard InChI is InChI=1S/C20H16O/c21-15-18-12-7-13-19(18)20(17-10-5-2-6-11-17)14-16-8-3-1-4-9-16/h1-15,18H/b20-14+. The second-order valence-electron chi connectivity index (χ2n) is 5.00. The van der Waals surface area contributed by atoms with E-state index in [1.165, 1.54) is 0 Å². The lowest BCUT2D eigenvalue weighted by Crippen LogP contribution is -2.02. The van der Waals surface area contributed by atoms with Crippen LogP contribution in [0.5, 0.6) is 0 Å². The summed E-state index contributed by atoms with van der Waals surface area (Å²) in [5, 5.41) is 0. The summed E-state index contributed by atoms with van der Waals surface area (Å²) >= 11 is 0. The van der Waals surface area contributed by atoms with Gasteiger partial charge in [0.05, 0.1) is 5.92 Å². The van der Waals surface area contributed by atoms with Crippen molar-refractivity contribution < 1.29 is 4.79 Å². The Hall–Kier alpha value is -2.67. The molecular formula is C20H16O. The zero-order chi connectivity index (χ0) is 14.5. The Kier molecular flexibility index (Phi) is 3.92. The smallest absolute Gasteiger partial charge is 0.131 e. The highest BCUT2D eigenvalue weighted by Gasteiger charge is 2.18. The van der Waals surface area contributed by atoms with Crippen molar-refractivity contribution in [1.82, 2.24) is 0 Å². The Balaban J connectivity index is 2.09. The van der Waals surface area contributed by atoms with E-state index in [0.717, 1.165) is 28.6 Å². The molecule has 0 amide bonds. The quantitative estimate of drug-likeness (QED) is 0.590. The Morgan fingerprint density at radius 3 is 2.24 bits per heavy atom. The lowest BCUT2D eigenvalue weighted by molar-refractivity contribution is -0.109. The topological polar surface area (TPSA) is 17.1 Å². The molecule has 1 heteroatoms. The molecule has 1 aliphatic carbocycles. The van der Waals surface area contributed by atoms with Crippen LogP contribution in [0.1, 0.15) is 11.1 Å². The molecule has 2 aromatic rings. The molecule has 21 heavy (non-hydrogen) atoms. The van der Waals surface area contributed by atoms with Crippen LogP contribution >= 0.6 is 0 Å². The number of carbonyl (C=O) groups is 1. The summed E-state index contributed by atoms with van der Waals surface area (Å²) in [6.45, 7) is 0. The first kappa shape index (κ1) is 13.3. The monoisotopic (exact) mass is 272 g/mol. The van der Waals surface area contributed by atoms with Gasteiger partial charge in [0.15, 0.2) is 0 Å². The van der Waals surface area contributed by atoms with E-state index in [0.29, 0.717) is 0 Å². The number of rotatable bonds is 4. The Morgan fingerprint density at radius 1 is 0.905 bits per heavy atom. The number of hydrogen-bond donors (Lipinski definition) is 0. The van der Waals surface area contributed by atoms with Crippen molar-refractivity contribution in [2.45, 2.75) is 0 Å². The van der Waals surface area contributed by atoms with Gasteiger partial charge in [0.2, 0.25) is 0 Å². The van der Waals surface area contributed by atoms with Crippen LogP contribution in [-0.2, 0) is 4.79 Å². The minimum Gasteiger partial charge on any atom is -0.302 e. The summed E-state index contributed by atoms with van der Waals surface area (Å²) in [7, 11) is 0. The van der Waals surface area contributed by atoms with Gasteiger partial charge < -0.3 is 4.79 Å². The van der Waals surface area contributed by atoms with Crippen molar-refractivity contribution in [2.75, 3.05) is 0 Å². The van der Waals surface area contributed by atoms with E-state index in [-0.39, 0.29) is 5.92 Å². The van der Waals surface area contributed by atoms with Crippen LogP contribution in [-0.4, -0.2) is 6.29 Å². The van der Waals surface area contributed by atoms with E-state index in [2.05, 4.69) is 30.3 Å². The molecule has 3 rings (SSSR count). The van der Waals surface area contributed by atoms with Gasteiger partial charge in [0.25, 0.3) is 0 Å². The largest absolute Gasteiger partial charge is 0.302 e. The zero-order valence-electron chi connectivity index (χ0n) is 11.6. The number of hydrogen-bond acceptors (Lipinski definition) is 1. The first-order chi connectivity index (χ1) is 10.4. The van der Waals surface area contributed by atoms with E-state index >= 15 is 0 Å². The van der Waals surface area contributed by atoms with E-state index in [1.54, 1.807) is 0 Å². The molecule has 0 aromatic heterocycles. The van der Waals surface area contributed by atoms with Crippen LogP contribution in [0.25, 0.3) is 11.6 Å². The Bertz CT molecular complexity index is 706. The fraction of sp³-hybridized carbons (Fsp3) is 0.0500. The SMILES string of the molecule is O=CC1C=CC=C1/C(=C/c1ccccc1)c1ccccc1. The van der Waals surface area contributed by atoms with Gasteiger partial charge in [0, 0.05) is 0 Å². The van der Waals surface area contributed by atoms with Crippen molar-refractivity contribution in [3.05, 3.63) is 95.6 Å². The average Bonchev–Trinajstić information content (AvgIpc) is 3.03. The molecule has 1 atom stereocenters. The maximum Gasteiger partial charge on any atom is 0.131 e. The molecule has 0 fully saturated rings. The highest BCUT2D eigenvalue weighted by molar-refractivity contribution is 5.95. The molecule has 0 aliphatic heterocycles. The van der Waals surface area contributed by atoms with E-state index in [1.807, 2.05) is 54.6 Å². The second kappa shape index (κ2) is 6.19. The summed E-state index contributed by atoms with van der Waals surface area (Å²) in [5.41, 5.74) is 4.42. The maximum absolute atomic E-state index is 11.3. The fourth-order valence-corrected chi connectivity index (χ4v) is 2.55. The van der Waals surface area contributed by atoms with Gasteiger partial charge in [-0.25, -0.2) is 0 Å². The molecule has 0 radical (unpaired) electrons. The molecular weight excluding hydrogens is 256 g/mol. The van der Waals surface area contributed by atoms with Gasteiger partial charge in [-0.05, 0) is 28.3 Å². The summed E-state index contributed by atoms with van der Waals surface area (Å²) in [6, 6.07) is 20.4. The van der Waals surface area contributed by atoms with Crippen LogP contribution in [0.3, 0.4) is 0 Å². The summed E-state index contributed by atoms with van der Waals surface area (Å²) in [5.74, 6) is -0.153. The molecule has 102 valence electrons. The maximum atomic E-state index is 11.3. The third-order valence-corrected chi connectivity index (χ3v) is 3.61. The average molecular weight is 272 g/mol. The van der Waals surface area contributed by atoms with Gasteiger partial charge in [-0.15, -0.1) is 0 Å². The van der Waals surface area contributed by atoms with Crippen LogP contribution in [0.15, 0.2) is 84.5 Å². The third kappa shape index (κ3) is 2.92. The number of allylic oxidation sites excluding steroid dienone is 5.